The van der Waals surface area contributed by atoms with Crippen LogP contribution in [0.3, 0.4) is 0 Å². The van der Waals surface area contributed by atoms with Gasteiger partial charge in [0.2, 0.25) is 0 Å². The summed E-state index contributed by atoms with van der Waals surface area (Å²) in [5.41, 5.74) is 3.25. The van der Waals surface area contributed by atoms with Crippen molar-refractivity contribution >= 4 is 11.6 Å². The summed E-state index contributed by atoms with van der Waals surface area (Å²) < 4.78 is 38.8. The molecule has 4 rings (SSSR count). The van der Waals surface area contributed by atoms with Crippen molar-refractivity contribution in [3.05, 3.63) is 64.7 Å². The lowest BCUT2D eigenvalue weighted by molar-refractivity contribution is -0.137. The molecule has 1 amide bonds. The van der Waals surface area contributed by atoms with Crippen LogP contribution in [0.5, 0.6) is 0 Å². The molecule has 2 aliphatic rings. The molecule has 3 nitrogen and oxygen atoms in total. The van der Waals surface area contributed by atoms with Gasteiger partial charge in [-0.3, -0.25) is 4.79 Å². The second-order valence-corrected chi connectivity index (χ2v) is 7.52. The van der Waals surface area contributed by atoms with Crippen molar-refractivity contribution in [2.45, 2.75) is 31.9 Å². The number of halogens is 3. The standard InChI is InChI=1S/C22H23F3N2O/c23-22(24,25)19-6-3-7-20(15-19)26-10-12-27(13-11-26)21(28)18-9-8-16-4-1-2-5-17(16)14-18/h3,6-9,14-15H,1-2,4-5,10-13H2. The molecule has 1 saturated heterocycles. The lowest BCUT2D eigenvalue weighted by atomic mass is 9.90. The van der Waals surface area contributed by atoms with Gasteiger partial charge in [-0.05, 0) is 67.1 Å². The van der Waals surface area contributed by atoms with E-state index < -0.39 is 11.7 Å². The largest absolute Gasteiger partial charge is 0.416 e. The molecule has 0 unspecified atom stereocenters. The minimum Gasteiger partial charge on any atom is -0.368 e. The first-order chi connectivity index (χ1) is 13.4. The maximum absolute atomic E-state index is 12.9. The molecular formula is C22H23F3N2O. The summed E-state index contributed by atoms with van der Waals surface area (Å²) in [5, 5.41) is 0. The highest BCUT2D eigenvalue weighted by Crippen LogP contribution is 2.32. The average Bonchev–Trinajstić information content (AvgIpc) is 2.72. The number of anilines is 1. The predicted molar refractivity (Wildman–Crippen MR) is 103 cm³/mol. The third-order valence-electron chi connectivity index (χ3n) is 5.70. The van der Waals surface area contributed by atoms with E-state index in [0.717, 1.165) is 18.9 Å². The molecule has 1 aliphatic heterocycles. The van der Waals surface area contributed by atoms with Crippen molar-refractivity contribution in [1.82, 2.24) is 4.90 Å². The molecule has 0 spiro atoms. The molecule has 0 N–H and O–H groups in total. The maximum atomic E-state index is 12.9. The first-order valence-corrected chi connectivity index (χ1v) is 9.75. The number of benzene rings is 2. The molecule has 0 radical (unpaired) electrons. The summed E-state index contributed by atoms with van der Waals surface area (Å²) in [6.07, 6.45) is 0.136. The van der Waals surface area contributed by atoms with Crippen molar-refractivity contribution in [2.24, 2.45) is 0 Å². The molecule has 148 valence electrons. The van der Waals surface area contributed by atoms with Crippen LogP contribution < -0.4 is 4.90 Å². The Morgan fingerprint density at radius 1 is 0.857 bits per heavy atom. The molecule has 2 aromatic carbocycles. The molecule has 6 heteroatoms. The molecule has 0 aromatic heterocycles. The van der Waals surface area contributed by atoms with E-state index in [0.29, 0.717) is 37.4 Å². The van der Waals surface area contributed by atoms with Crippen molar-refractivity contribution in [1.29, 1.82) is 0 Å². The Bertz CT molecular complexity index is 870. The summed E-state index contributed by atoms with van der Waals surface area (Å²) in [6.45, 7) is 2.06. The van der Waals surface area contributed by atoms with E-state index in [1.54, 1.807) is 11.0 Å². The molecule has 1 heterocycles. The van der Waals surface area contributed by atoms with E-state index in [1.807, 2.05) is 17.0 Å². The van der Waals surface area contributed by atoms with Crippen LogP contribution in [0.4, 0.5) is 18.9 Å². The Hall–Kier alpha value is -2.50. The third-order valence-corrected chi connectivity index (χ3v) is 5.70. The molecule has 1 aliphatic carbocycles. The van der Waals surface area contributed by atoms with Gasteiger partial charge < -0.3 is 9.80 Å². The number of carbonyl (C=O) groups is 1. The first-order valence-electron chi connectivity index (χ1n) is 9.75. The van der Waals surface area contributed by atoms with Gasteiger partial charge in [0.1, 0.15) is 0 Å². The number of aryl methyl sites for hydroxylation is 2. The van der Waals surface area contributed by atoms with Gasteiger partial charge in [0.15, 0.2) is 0 Å². The van der Waals surface area contributed by atoms with Gasteiger partial charge in [-0.15, -0.1) is 0 Å². The number of alkyl halides is 3. The highest BCUT2D eigenvalue weighted by atomic mass is 19.4. The highest BCUT2D eigenvalue weighted by molar-refractivity contribution is 5.94. The van der Waals surface area contributed by atoms with Gasteiger partial charge in [0.25, 0.3) is 5.91 Å². The van der Waals surface area contributed by atoms with Gasteiger partial charge >= 0.3 is 6.18 Å². The van der Waals surface area contributed by atoms with Gasteiger partial charge in [-0.2, -0.15) is 13.2 Å². The molecule has 0 saturated carbocycles. The Morgan fingerprint density at radius 3 is 2.29 bits per heavy atom. The Kier molecular flexibility index (Phi) is 5.04. The van der Waals surface area contributed by atoms with E-state index in [1.165, 1.54) is 36.1 Å². The van der Waals surface area contributed by atoms with E-state index in [2.05, 4.69) is 6.07 Å². The third kappa shape index (κ3) is 3.86. The smallest absolute Gasteiger partial charge is 0.368 e. The molecular weight excluding hydrogens is 365 g/mol. The highest BCUT2D eigenvalue weighted by Gasteiger charge is 2.31. The summed E-state index contributed by atoms with van der Waals surface area (Å²) in [6, 6.07) is 11.4. The van der Waals surface area contributed by atoms with E-state index in [9.17, 15) is 18.0 Å². The molecule has 0 bridgehead atoms. The number of hydrogen-bond donors (Lipinski definition) is 0. The summed E-state index contributed by atoms with van der Waals surface area (Å²) >= 11 is 0. The Morgan fingerprint density at radius 2 is 1.57 bits per heavy atom. The second-order valence-electron chi connectivity index (χ2n) is 7.52. The lowest BCUT2D eigenvalue weighted by Gasteiger charge is -2.36. The summed E-state index contributed by atoms with van der Waals surface area (Å²) in [7, 11) is 0. The number of fused-ring (bicyclic) bond motifs is 1. The minimum atomic E-state index is -4.35. The van der Waals surface area contributed by atoms with Crippen LogP contribution in [0.1, 0.15) is 39.9 Å². The predicted octanol–water partition coefficient (Wildman–Crippen LogP) is 4.55. The SMILES string of the molecule is O=C(c1ccc2c(c1)CCCC2)N1CCN(c2cccc(C(F)(F)F)c2)CC1. The van der Waals surface area contributed by atoms with Crippen molar-refractivity contribution in [3.63, 3.8) is 0 Å². The second kappa shape index (κ2) is 7.49. The van der Waals surface area contributed by atoms with Gasteiger partial charge in [-0.25, -0.2) is 0 Å². The summed E-state index contributed by atoms with van der Waals surface area (Å²) in [4.78, 5) is 16.6. The summed E-state index contributed by atoms with van der Waals surface area (Å²) in [5.74, 6) is 0.0112. The van der Waals surface area contributed by atoms with Gasteiger partial charge in [0.05, 0.1) is 5.56 Å². The topological polar surface area (TPSA) is 23.6 Å². The van der Waals surface area contributed by atoms with Gasteiger partial charge in [0, 0.05) is 37.4 Å². The van der Waals surface area contributed by atoms with Crippen LogP contribution in [0, 0.1) is 0 Å². The van der Waals surface area contributed by atoms with Crippen molar-refractivity contribution in [3.8, 4) is 0 Å². The van der Waals surface area contributed by atoms with Crippen molar-refractivity contribution < 1.29 is 18.0 Å². The fourth-order valence-corrected chi connectivity index (χ4v) is 4.10. The maximum Gasteiger partial charge on any atom is 0.416 e. The number of rotatable bonds is 2. The number of nitrogens with zero attached hydrogens (tertiary/aromatic N) is 2. The van der Waals surface area contributed by atoms with E-state index in [4.69, 9.17) is 0 Å². The normalized spacial score (nSPS) is 17.4. The number of carbonyl (C=O) groups excluding carboxylic acids is 1. The quantitative estimate of drug-likeness (QED) is 0.754. The van der Waals surface area contributed by atoms with Crippen LogP contribution in [0.25, 0.3) is 0 Å². The average molecular weight is 388 g/mol. The fraction of sp³-hybridized carbons (Fsp3) is 0.409. The number of piperazine rings is 1. The van der Waals surface area contributed by atoms with Crippen LogP contribution in [0.2, 0.25) is 0 Å². The van der Waals surface area contributed by atoms with Crippen LogP contribution >= 0.6 is 0 Å². The zero-order chi connectivity index (χ0) is 19.7. The number of hydrogen-bond acceptors (Lipinski definition) is 2. The van der Waals surface area contributed by atoms with Crippen LogP contribution in [0.15, 0.2) is 42.5 Å². The van der Waals surface area contributed by atoms with E-state index in [-0.39, 0.29) is 5.91 Å². The fourth-order valence-electron chi connectivity index (χ4n) is 4.10. The lowest BCUT2D eigenvalue weighted by Crippen LogP contribution is -2.48. The molecule has 0 atom stereocenters. The van der Waals surface area contributed by atoms with Gasteiger partial charge in [-0.1, -0.05) is 12.1 Å². The molecule has 28 heavy (non-hydrogen) atoms. The molecule has 1 fully saturated rings. The first kappa shape index (κ1) is 18.8. The molecule has 2 aromatic rings. The van der Waals surface area contributed by atoms with Crippen LogP contribution in [-0.2, 0) is 19.0 Å². The number of amides is 1. The zero-order valence-electron chi connectivity index (χ0n) is 15.6. The minimum absolute atomic E-state index is 0.0112. The van der Waals surface area contributed by atoms with Crippen LogP contribution in [-0.4, -0.2) is 37.0 Å². The monoisotopic (exact) mass is 388 g/mol. The van der Waals surface area contributed by atoms with Crippen molar-refractivity contribution in [2.75, 3.05) is 31.1 Å². The Labute approximate surface area is 162 Å². The zero-order valence-corrected chi connectivity index (χ0v) is 15.6. The van der Waals surface area contributed by atoms with E-state index >= 15 is 0 Å². The Balaban J connectivity index is 1.42.